The van der Waals surface area contributed by atoms with Crippen molar-refractivity contribution in [2.75, 3.05) is 14.2 Å². The van der Waals surface area contributed by atoms with E-state index >= 15 is 0 Å². The monoisotopic (exact) mass is 229 g/mol. The number of hydrogen-bond acceptors (Lipinski definition) is 3. The molecule has 0 radical (unpaired) electrons. The summed E-state index contributed by atoms with van der Waals surface area (Å²) >= 11 is 0. The van der Waals surface area contributed by atoms with E-state index in [1.807, 2.05) is 36.4 Å². The van der Waals surface area contributed by atoms with Crippen LogP contribution in [0.3, 0.4) is 0 Å². The lowest BCUT2D eigenvalue weighted by Crippen LogP contribution is -2.17. The molecule has 0 aliphatic heterocycles. The molecule has 0 saturated heterocycles. The second kappa shape index (κ2) is 4.97. The number of nitrogens with one attached hydrogen (secondary N) is 1. The lowest BCUT2D eigenvalue weighted by Gasteiger charge is -2.10. The number of rotatable bonds is 4. The first-order valence-electron chi connectivity index (χ1n) is 5.48. The summed E-state index contributed by atoms with van der Waals surface area (Å²) in [5.74, 6) is 0.839. The minimum atomic E-state index is -0.249. The molecule has 2 aromatic rings. The van der Waals surface area contributed by atoms with E-state index in [0.717, 1.165) is 28.4 Å². The van der Waals surface area contributed by atoms with Crippen LogP contribution in [-0.4, -0.2) is 20.4 Å². The maximum atomic E-state index is 10.9. The first-order chi connectivity index (χ1) is 8.28. The largest absolute Gasteiger partial charge is 0.497 e. The molecule has 1 N–H and O–H groups in total. The Morgan fingerprint density at radius 3 is 2.53 bits per heavy atom. The first-order valence-corrected chi connectivity index (χ1v) is 5.48. The molecule has 0 heterocycles. The summed E-state index contributed by atoms with van der Waals surface area (Å²) in [6.45, 7) is 0. The van der Waals surface area contributed by atoms with Crippen LogP contribution in [0, 0.1) is 0 Å². The van der Waals surface area contributed by atoms with Gasteiger partial charge in [-0.05, 0) is 41.6 Å². The highest BCUT2D eigenvalue weighted by molar-refractivity contribution is 5.85. The number of ether oxygens (including phenoxy) is 1. The van der Waals surface area contributed by atoms with E-state index in [1.165, 1.54) is 0 Å². The van der Waals surface area contributed by atoms with Gasteiger partial charge in [-0.1, -0.05) is 18.2 Å². The zero-order chi connectivity index (χ0) is 12.3. The molecule has 3 nitrogen and oxygen atoms in total. The molecule has 1 atom stereocenters. The van der Waals surface area contributed by atoms with Gasteiger partial charge in [0.25, 0.3) is 0 Å². The molecular weight excluding hydrogens is 214 g/mol. The third-order valence-electron chi connectivity index (χ3n) is 2.88. The smallest absolute Gasteiger partial charge is 0.141 e. The van der Waals surface area contributed by atoms with E-state index in [1.54, 1.807) is 14.2 Å². The van der Waals surface area contributed by atoms with Gasteiger partial charge in [0.2, 0.25) is 0 Å². The van der Waals surface area contributed by atoms with Crippen molar-refractivity contribution in [1.82, 2.24) is 5.32 Å². The number of likely N-dealkylation sites (N-methyl/N-ethyl adjacent to an activating group) is 1. The number of aldehydes is 1. The Bertz CT molecular complexity index is 537. The van der Waals surface area contributed by atoms with Crippen LogP contribution in [0.2, 0.25) is 0 Å². The second-order valence-electron chi connectivity index (χ2n) is 3.87. The Morgan fingerprint density at radius 2 is 1.88 bits per heavy atom. The van der Waals surface area contributed by atoms with Crippen molar-refractivity contribution in [2.24, 2.45) is 0 Å². The first kappa shape index (κ1) is 11.6. The zero-order valence-corrected chi connectivity index (χ0v) is 9.94. The molecule has 0 aliphatic rings. The molecule has 17 heavy (non-hydrogen) atoms. The molecule has 0 aliphatic carbocycles. The molecule has 2 rings (SSSR count). The van der Waals surface area contributed by atoms with Crippen LogP contribution in [0.4, 0.5) is 0 Å². The summed E-state index contributed by atoms with van der Waals surface area (Å²) in [4.78, 5) is 10.9. The van der Waals surface area contributed by atoms with Crippen LogP contribution in [0.15, 0.2) is 36.4 Å². The zero-order valence-electron chi connectivity index (χ0n) is 9.94. The number of carbonyl (C=O) groups excluding carboxylic acids is 1. The number of fused-ring (bicyclic) bond motifs is 1. The molecule has 0 amide bonds. The van der Waals surface area contributed by atoms with Crippen molar-refractivity contribution in [3.05, 3.63) is 42.0 Å². The van der Waals surface area contributed by atoms with Crippen LogP contribution in [0.25, 0.3) is 10.8 Å². The van der Waals surface area contributed by atoms with E-state index in [0.29, 0.717) is 0 Å². The maximum Gasteiger partial charge on any atom is 0.141 e. The molecule has 0 fully saturated rings. The molecule has 0 aromatic heterocycles. The molecule has 2 aromatic carbocycles. The van der Waals surface area contributed by atoms with Crippen LogP contribution < -0.4 is 10.1 Å². The lowest BCUT2D eigenvalue weighted by atomic mass is 10.0. The molecule has 0 bridgehead atoms. The van der Waals surface area contributed by atoms with Crippen LogP contribution in [0.1, 0.15) is 11.6 Å². The predicted molar refractivity (Wildman–Crippen MR) is 68.4 cm³/mol. The maximum absolute atomic E-state index is 10.9. The SMILES string of the molecule is CNC(C=O)c1ccc2cc(OC)ccc2c1. The highest BCUT2D eigenvalue weighted by Crippen LogP contribution is 2.23. The van der Waals surface area contributed by atoms with Crippen LogP contribution in [0.5, 0.6) is 5.75 Å². The average molecular weight is 229 g/mol. The molecule has 1 unspecified atom stereocenters. The standard InChI is InChI=1S/C14H15NO2/c1-15-14(9-16)12-4-3-11-8-13(17-2)6-5-10(11)7-12/h3-9,14-15H,1-2H3. The molecule has 3 heteroatoms. The Kier molecular flexibility index (Phi) is 3.40. The van der Waals surface area contributed by atoms with E-state index in [-0.39, 0.29) is 6.04 Å². The topological polar surface area (TPSA) is 38.3 Å². The second-order valence-corrected chi connectivity index (χ2v) is 3.87. The molecular formula is C14H15NO2. The van der Waals surface area contributed by atoms with Crippen molar-refractivity contribution < 1.29 is 9.53 Å². The van der Waals surface area contributed by atoms with Gasteiger partial charge in [-0.15, -0.1) is 0 Å². The van der Waals surface area contributed by atoms with Crippen molar-refractivity contribution in [3.63, 3.8) is 0 Å². The Labute approximate surface area is 100 Å². The van der Waals surface area contributed by atoms with Gasteiger partial charge in [-0.2, -0.15) is 0 Å². The van der Waals surface area contributed by atoms with E-state index in [9.17, 15) is 4.79 Å². The third-order valence-corrected chi connectivity index (χ3v) is 2.88. The fourth-order valence-corrected chi connectivity index (χ4v) is 1.88. The summed E-state index contributed by atoms with van der Waals surface area (Å²) in [5.41, 5.74) is 0.972. The van der Waals surface area contributed by atoms with Gasteiger partial charge < -0.3 is 14.8 Å². The molecule has 88 valence electrons. The predicted octanol–water partition coefficient (Wildman–Crippen LogP) is 2.31. The Balaban J connectivity index is 2.47. The third kappa shape index (κ3) is 2.29. The Morgan fingerprint density at radius 1 is 1.18 bits per heavy atom. The van der Waals surface area contributed by atoms with Crippen LogP contribution in [-0.2, 0) is 4.79 Å². The van der Waals surface area contributed by atoms with Gasteiger partial charge in [0.05, 0.1) is 13.2 Å². The van der Waals surface area contributed by atoms with Gasteiger partial charge in [0, 0.05) is 0 Å². The highest BCUT2D eigenvalue weighted by Gasteiger charge is 2.07. The summed E-state index contributed by atoms with van der Waals surface area (Å²) in [6.07, 6.45) is 0.907. The minimum absolute atomic E-state index is 0.249. The average Bonchev–Trinajstić information content (AvgIpc) is 2.39. The van der Waals surface area contributed by atoms with Crippen molar-refractivity contribution >= 4 is 17.1 Å². The quantitative estimate of drug-likeness (QED) is 0.818. The summed E-state index contributed by atoms with van der Waals surface area (Å²) < 4.78 is 5.17. The lowest BCUT2D eigenvalue weighted by molar-refractivity contribution is -0.109. The summed E-state index contributed by atoms with van der Waals surface area (Å²) in [5, 5.41) is 5.17. The van der Waals surface area contributed by atoms with Crippen molar-refractivity contribution in [3.8, 4) is 5.75 Å². The van der Waals surface area contributed by atoms with E-state index in [2.05, 4.69) is 5.32 Å². The van der Waals surface area contributed by atoms with Gasteiger partial charge in [0.15, 0.2) is 0 Å². The number of carbonyl (C=O) groups is 1. The number of methoxy groups -OCH3 is 1. The Hall–Kier alpha value is -1.87. The summed E-state index contributed by atoms with van der Waals surface area (Å²) in [7, 11) is 3.43. The van der Waals surface area contributed by atoms with Crippen molar-refractivity contribution in [2.45, 2.75) is 6.04 Å². The fraction of sp³-hybridized carbons (Fsp3) is 0.214. The number of hydrogen-bond donors (Lipinski definition) is 1. The van der Waals surface area contributed by atoms with Crippen LogP contribution >= 0.6 is 0 Å². The van der Waals surface area contributed by atoms with Crippen molar-refractivity contribution in [1.29, 1.82) is 0 Å². The molecule has 0 saturated carbocycles. The highest BCUT2D eigenvalue weighted by atomic mass is 16.5. The molecule has 0 spiro atoms. The van der Waals surface area contributed by atoms with E-state index in [4.69, 9.17) is 4.74 Å². The number of benzene rings is 2. The van der Waals surface area contributed by atoms with Gasteiger partial charge >= 0.3 is 0 Å². The van der Waals surface area contributed by atoms with Gasteiger partial charge in [-0.25, -0.2) is 0 Å². The normalized spacial score (nSPS) is 12.4. The fourth-order valence-electron chi connectivity index (χ4n) is 1.88. The van der Waals surface area contributed by atoms with E-state index < -0.39 is 0 Å². The van der Waals surface area contributed by atoms with Gasteiger partial charge in [0.1, 0.15) is 12.0 Å². The van der Waals surface area contributed by atoms with Gasteiger partial charge in [-0.3, -0.25) is 0 Å². The minimum Gasteiger partial charge on any atom is -0.497 e. The summed E-state index contributed by atoms with van der Waals surface area (Å²) in [6, 6.07) is 11.6.